The first-order valence-corrected chi connectivity index (χ1v) is 9.45. The van der Waals surface area contributed by atoms with Gasteiger partial charge in [0.1, 0.15) is 0 Å². The number of hydrogen-bond donors (Lipinski definition) is 3. The fraction of sp³-hybridized carbons (Fsp3) is 0.900. The molecule has 4 fully saturated rings. The minimum Gasteiger partial charge on any atom is -0.396 e. The fourth-order valence-electron chi connectivity index (χ4n) is 7.61. The van der Waals surface area contributed by atoms with Crippen LogP contribution in [-0.4, -0.2) is 34.1 Å². The van der Waals surface area contributed by atoms with Crippen molar-refractivity contribution in [3.8, 4) is 0 Å². The Morgan fingerprint density at radius 2 is 1.87 bits per heavy atom. The van der Waals surface area contributed by atoms with Gasteiger partial charge in [0, 0.05) is 12.0 Å². The Labute approximate surface area is 139 Å². The zero-order valence-electron chi connectivity index (χ0n) is 14.6. The number of hydrogen-bond acceptors (Lipinski definition) is 3. The molecule has 8 atom stereocenters. The lowest BCUT2D eigenvalue weighted by Crippen LogP contribution is -2.64. The van der Waals surface area contributed by atoms with Crippen molar-refractivity contribution >= 4 is 0 Å². The van der Waals surface area contributed by atoms with E-state index in [1.54, 1.807) is 0 Å². The van der Waals surface area contributed by atoms with Gasteiger partial charge in [-0.3, -0.25) is 0 Å². The van der Waals surface area contributed by atoms with Crippen LogP contribution < -0.4 is 0 Å². The lowest BCUT2D eigenvalue weighted by molar-refractivity contribution is -0.225. The molecule has 0 heterocycles. The third kappa shape index (κ3) is 1.77. The number of aliphatic hydroxyl groups is 3. The molecule has 1 spiro atoms. The van der Waals surface area contributed by atoms with E-state index in [4.69, 9.17) is 0 Å². The maximum absolute atomic E-state index is 11.2. The van der Waals surface area contributed by atoms with Gasteiger partial charge < -0.3 is 15.3 Å². The van der Waals surface area contributed by atoms with Crippen molar-refractivity contribution in [2.75, 3.05) is 6.61 Å². The van der Waals surface area contributed by atoms with Crippen LogP contribution in [0.2, 0.25) is 0 Å². The predicted molar refractivity (Wildman–Crippen MR) is 89.7 cm³/mol. The van der Waals surface area contributed by atoms with E-state index in [1.165, 1.54) is 0 Å². The van der Waals surface area contributed by atoms with E-state index in [0.717, 1.165) is 50.5 Å². The number of rotatable bonds is 1. The second kappa shape index (κ2) is 4.83. The second-order valence-electron chi connectivity index (χ2n) is 9.60. The minimum absolute atomic E-state index is 0.0903. The molecule has 3 N–H and O–H groups in total. The molecule has 4 saturated carbocycles. The second-order valence-corrected chi connectivity index (χ2v) is 9.60. The van der Waals surface area contributed by atoms with E-state index in [1.807, 2.05) is 0 Å². The van der Waals surface area contributed by atoms with E-state index in [-0.39, 0.29) is 22.9 Å². The first-order valence-electron chi connectivity index (χ1n) is 9.45. The third-order valence-electron chi connectivity index (χ3n) is 8.77. The highest BCUT2D eigenvalue weighted by molar-refractivity contribution is 5.29. The van der Waals surface area contributed by atoms with E-state index < -0.39 is 12.2 Å². The van der Waals surface area contributed by atoms with Crippen molar-refractivity contribution in [1.82, 2.24) is 0 Å². The lowest BCUT2D eigenvalue weighted by Gasteiger charge is -2.65. The van der Waals surface area contributed by atoms with Crippen LogP contribution in [0, 0.1) is 34.0 Å². The molecule has 23 heavy (non-hydrogen) atoms. The normalized spacial score (nSPS) is 58.7. The molecule has 0 aliphatic heterocycles. The Bertz CT molecular complexity index is 531. The molecule has 0 saturated heterocycles. The molecule has 3 nitrogen and oxygen atoms in total. The molecule has 0 aromatic carbocycles. The molecular weight excluding hydrogens is 288 g/mol. The van der Waals surface area contributed by atoms with E-state index in [0.29, 0.717) is 17.8 Å². The van der Waals surface area contributed by atoms with Gasteiger partial charge in [-0.1, -0.05) is 26.8 Å². The Morgan fingerprint density at radius 3 is 2.57 bits per heavy atom. The van der Waals surface area contributed by atoms with Gasteiger partial charge in [-0.05, 0) is 72.7 Å². The van der Waals surface area contributed by atoms with Gasteiger partial charge in [-0.25, -0.2) is 0 Å². The summed E-state index contributed by atoms with van der Waals surface area (Å²) in [5.74, 6) is 1.08. The van der Waals surface area contributed by atoms with E-state index >= 15 is 0 Å². The highest BCUT2D eigenvalue weighted by atomic mass is 16.3. The van der Waals surface area contributed by atoms with Crippen LogP contribution in [0.3, 0.4) is 0 Å². The standard InChI is InChI=1S/C20H32O3/c1-12-13-5-6-14-19(3)8-4-7-18(2,11-21)15(19)9-16(22)20(14,10-13)17(12)23/h13-17,21-23H,1,4-11H2,2-3H3/t13-,14+,15-,16+,17-,18-,19+,20-/m1/s1. The molecule has 4 aliphatic rings. The predicted octanol–water partition coefficient (Wildman–Crippen LogP) is 2.89. The zero-order chi connectivity index (χ0) is 16.6. The topological polar surface area (TPSA) is 60.7 Å². The molecular formula is C20H32O3. The molecule has 3 heteroatoms. The molecule has 4 aliphatic carbocycles. The monoisotopic (exact) mass is 320 g/mol. The van der Waals surface area contributed by atoms with Gasteiger partial charge in [0.05, 0.1) is 12.2 Å². The Balaban J connectivity index is 1.81. The summed E-state index contributed by atoms with van der Waals surface area (Å²) in [7, 11) is 0. The van der Waals surface area contributed by atoms with Gasteiger partial charge in [0.15, 0.2) is 0 Å². The van der Waals surface area contributed by atoms with Crippen molar-refractivity contribution in [3.05, 3.63) is 12.2 Å². The lowest BCUT2D eigenvalue weighted by atomic mass is 9.40. The highest BCUT2D eigenvalue weighted by Crippen LogP contribution is 2.71. The summed E-state index contributed by atoms with van der Waals surface area (Å²) in [4.78, 5) is 0. The van der Waals surface area contributed by atoms with Gasteiger partial charge in [0.25, 0.3) is 0 Å². The summed E-state index contributed by atoms with van der Waals surface area (Å²) in [6, 6.07) is 0. The van der Waals surface area contributed by atoms with E-state index in [2.05, 4.69) is 20.4 Å². The Morgan fingerprint density at radius 1 is 1.13 bits per heavy atom. The van der Waals surface area contributed by atoms with Gasteiger partial charge in [0.2, 0.25) is 0 Å². The third-order valence-corrected chi connectivity index (χ3v) is 8.77. The summed E-state index contributed by atoms with van der Waals surface area (Å²) >= 11 is 0. The largest absolute Gasteiger partial charge is 0.396 e. The first-order chi connectivity index (χ1) is 10.8. The SMILES string of the molecule is C=C1[C@@H]2CC[C@H]3[C@]4(C)CCC[C@](C)(CO)[C@H]4C[C@H](O)[C@]3(C2)[C@@H]1O. The zero-order valence-corrected chi connectivity index (χ0v) is 14.6. The molecule has 130 valence electrons. The van der Waals surface area contributed by atoms with Gasteiger partial charge in [-0.2, -0.15) is 0 Å². The summed E-state index contributed by atoms with van der Waals surface area (Å²) in [5, 5.41) is 32.2. The van der Waals surface area contributed by atoms with Crippen molar-refractivity contribution in [1.29, 1.82) is 0 Å². The maximum atomic E-state index is 11.2. The first kappa shape index (κ1) is 16.1. The van der Waals surface area contributed by atoms with Crippen molar-refractivity contribution in [2.45, 2.75) is 71.0 Å². The molecule has 0 aromatic heterocycles. The van der Waals surface area contributed by atoms with Crippen LogP contribution in [0.1, 0.15) is 58.8 Å². The smallest absolute Gasteiger partial charge is 0.0834 e. The van der Waals surface area contributed by atoms with Crippen LogP contribution >= 0.6 is 0 Å². The summed E-state index contributed by atoms with van der Waals surface area (Å²) in [6.07, 6.45) is 6.18. The molecule has 4 rings (SSSR count). The van der Waals surface area contributed by atoms with E-state index in [9.17, 15) is 15.3 Å². The highest BCUT2D eigenvalue weighted by Gasteiger charge is 2.69. The van der Waals surface area contributed by atoms with Gasteiger partial charge >= 0.3 is 0 Å². The molecule has 0 aromatic rings. The maximum Gasteiger partial charge on any atom is 0.0834 e. The van der Waals surface area contributed by atoms with Crippen LogP contribution in [0.5, 0.6) is 0 Å². The molecule has 2 bridgehead atoms. The van der Waals surface area contributed by atoms with Crippen molar-refractivity contribution in [3.63, 3.8) is 0 Å². The Hall–Kier alpha value is -0.380. The average molecular weight is 320 g/mol. The number of fused-ring (bicyclic) bond motifs is 3. The van der Waals surface area contributed by atoms with Crippen LogP contribution in [-0.2, 0) is 0 Å². The van der Waals surface area contributed by atoms with Crippen LogP contribution in [0.15, 0.2) is 12.2 Å². The molecule has 0 radical (unpaired) electrons. The Kier molecular flexibility index (Phi) is 3.38. The van der Waals surface area contributed by atoms with Crippen LogP contribution in [0.4, 0.5) is 0 Å². The average Bonchev–Trinajstić information content (AvgIpc) is 2.72. The molecule has 0 amide bonds. The summed E-state index contributed by atoms with van der Waals surface area (Å²) < 4.78 is 0. The van der Waals surface area contributed by atoms with Crippen LogP contribution in [0.25, 0.3) is 0 Å². The summed E-state index contributed by atoms with van der Waals surface area (Å²) in [6.45, 7) is 8.96. The fourth-order valence-corrected chi connectivity index (χ4v) is 7.61. The minimum atomic E-state index is -0.546. The van der Waals surface area contributed by atoms with Crippen molar-refractivity contribution < 1.29 is 15.3 Å². The number of aliphatic hydroxyl groups excluding tert-OH is 3. The van der Waals surface area contributed by atoms with Gasteiger partial charge in [-0.15, -0.1) is 0 Å². The summed E-state index contributed by atoms with van der Waals surface area (Å²) in [5.41, 5.74) is 0.617. The quantitative estimate of drug-likeness (QED) is 0.651. The molecule has 0 unspecified atom stereocenters. The van der Waals surface area contributed by atoms with Crippen molar-refractivity contribution in [2.24, 2.45) is 34.0 Å².